The summed E-state index contributed by atoms with van der Waals surface area (Å²) < 4.78 is 0.979. The van der Waals surface area contributed by atoms with Crippen LogP contribution in [0, 0.1) is 6.92 Å². The lowest BCUT2D eigenvalue weighted by atomic mass is 10.1. The summed E-state index contributed by atoms with van der Waals surface area (Å²) in [7, 11) is 0. The number of nitrogens with two attached hydrogens (primary N) is 1. The third kappa shape index (κ3) is 3.81. The summed E-state index contributed by atoms with van der Waals surface area (Å²) in [6.45, 7) is 3.03. The van der Waals surface area contributed by atoms with Gasteiger partial charge in [0.05, 0.1) is 0 Å². The lowest BCUT2D eigenvalue weighted by molar-refractivity contribution is 1.00. The number of rotatable bonds is 5. The number of nitrogens with one attached hydrogen (secondary N) is 1. The highest BCUT2D eigenvalue weighted by molar-refractivity contribution is 9.10. The van der Waals surface area contributed by atoms with E-state index in [0.717, 1.165) is 28.7 Å². The highest BCUT2D eigenvalue weighted by atomic mass is 79.9. The molecule has 2 aromatic carbocycles. The van der Waals surface area contributed by atoms with Crippen LogP contribution in [-0.4, -0.2) is 11.5 Å². The summed E-state index contributed by atoms with van der Waals surface area (Å²) in [5.41, 5.74) is 10.2. The number of hydrogen-bond acceptors (Lipinski definition) is 2. The van der Waals surface area contributed by atoms with Gasteiger partial charge in [0.25, 0.3) is 0 Å². The van der Waals surface area contributed by atoms with Gasteiger partial charge in [-0.05, 0) is 58.6 Å². The van der Waals surface area contributed by atoms with Gasteiger partial charge >= 0.3 is 0 Å². The highest BCUT2D eigenvalue weighted by Gasteiger charge is 2.03. The summed E-state index contributed by atoms with van der Waals surface area (Å²) in [5, 5.41) is 3.42. The first kappa shape index (κ1) is 15.0. The van der Waals surface area contributed by atoms with Crippen LogP contribution in [0.3, 0.4) is 0 Å². The molecule has 104 valence electrons. The zero-order valence-corrected chi connectivity index (χ0v) is 13.7. The molecule has 0 heterocycles. The molecular weight excluding hydrogens is 332 g/mol. The third-order valence-electron chi connectivity index (χ3n) is 3.22. The SMILES string of the molecule is Cc1ccccc1CCNc1ccc(C(N)=S)cc1Br. The first-order valence-electron chi connectivity index (χ1n) is 6.45. The summed E-state index contributed by atoms with van der Waals surface area (Å²) in [5.74, 6) is 0. The maximum atomic E-state index is 5.62. The fraction of sp³-hybridized carbons (Fsp3) is 0.188. The second kappa shape index (κ2) is 6.86. The third-order valence-corrected chi connectivity index (χ3v) is 4.12. The van der Waals surface area contributed by atoms with E-state index in [4.69, 9.17) is 18.0 Å². The Kier molecular flexibility index (Phi) is 5.15. The van der Waals surface area contributed by atoms with Crippen molar-refractivity contribution in [2.75, 3.05) is 11.9 Å². The van der Waals surface area contributed by atoms with E-state index in [1.54, 1.807) is 0 Å². The van der Waals surface area contributed by atoms with E-state index < -0.39 is 0 Å². The van der Waals surface area contributed by atoms with E-state index in [9.17, 15) is 0 Å². The minimum atomic E-state index is 0.414. The Labute approximate surface area is 133 Å². The molecule has 0 aliphatic carbocycles. The van der Waals surface area contributed by atoms with E-state index in [0.29, 0.717) is 4.99 Å². The van der Waals surface area contributed by atoms with Gasteiger partial charge in [-0.25, -0.2) is 0 Å². The molecule has 0 unspecified atom stereocenters. The topological polar surface area (TPSA) is 38.0 Å². The molecule has 4 heteroatoms. The maximum Gasteiger partial charge on any atom is 0.104 e. The van der Waals surface area contributed by atoms with E-state index in [1.807, 2.05) is 18.2 Å². The smallest absolute Gasteiger partial charge is 0.104 e. The zero-order chi connectivity index (χ0) is 14.5. The van der Waals surface area contributed by atoms with E-state index in [1.165, 1.54) is 11.1 Å². The van der Waals surface area contributed by atoms with Gasteiger partial charge in [-0.3, -0.25) is 0 Å². The van der Waals surface area contributed by atoms with Gasteiger partial charge in [-0.15, -0.1) is 0 Å². The molecule has 2 rings (SSSR count). The molecule has 0 spiro atoms. The van der Waals surface area contributed by atoms with Crippen molar-refractivity contribution in [2.45, 2.75) is 13.3 Å². The second-order valence-corrected chi connectivity index (χ2v) is 5.96. The Morgan fingerprint density at radius 3 is 2.65 bits per heavy atom. The van der Waals surface area contributed by atoms with Gasteiger partial charge in [0.15, 0.2) is 0 Å². The molecule has 0 fully saturated rings. The van der Waals surface area contributed by atoms with Crippen LogP contribution in [0.1, 0.15) is 16.7 Å². The monoisotopic (exact) mass is 348 g/mol. The number of hydrogen-bond donors (Lipinski definition) is 2. The van der Waals surface area contributed by atoms with Crippen LogP contribution in [0.4, 0.5) is 5.69 Å². The van der Waals surface area contributed by atoms with Crippen molar-refractivity contribution in [3.63, 3.8) is 0 Å². The van der Waals surface area contributed by atoms with Gasteiger partial charge < -0.3 is 11.1 Å². The molecule has 3 N–H and O–H groups in total. The number of benzene rings is 2. The molecule has 20 heavy (non-hydrogen) atoms. The molecular formula is C16H17BrN2S. The van der Waals surface area contributed by atoms with Gasteiger partial charge in [0, 0.05) is 22.3 Å². The Hall–Kier alpha value is -1.39. The van der Waals surface area contributed by atoms with E-state index >= 15 is 0 Å². The van der Waals surface area contributed by atoms with Crippen molar-refractivity contribution in [1.82, 2.24) is 0 Å². The fourth-order valence-electron chi connectivity index (χ4n) is 2.03. The van der Waals surface area contributed by atoms with Crippen LogP contribution in [0.15, 0.2) is 46.9 Å². The normalized spacial score (nSPS) is 10.3. The van der Waals surface area contributed by atoms with Crippen LogP contribution < -0.4 is 11.1 Å². The Morgan fingerprint density at radius 1 is 1.25 bits per heavy atom. The van der Waals surface area contributed by atoms with E-state index in [2.05, 4.69) is 52.4 Å². The standard InChI is InChI=1S/C16H17BrN2S/c1-11-4-2-3-5-12(11)8-9-19-15-7-6-13(16(18)20)10-14(15)17/h2-7,10,19H,8-9H2,1H3,(H2,18,20). The van der Waals surface area contributed by atoms with Crippen molar-refractivity contribution < 1.29 is 0 Å². The van der Waals surface area contributed by atoms with Crippen LogP contribution >= 0.6 is 28.1 Å². The summed E-state index contributed by atoms with van der Waals surface area (Å²) in [6, 6.07) is 14.3. The van der Waals surface area contributed by atoms with E-state index in [-0.39, 0.29) is 0 Å². The van der Waals surface area contributed by atoms with Crippen molar-refractivity contribution in [3.8, 4) is 0 Å². The second-order valence-electron chi connectivity index (χ2n) is 4.66. The van der Waals surface area contributed by atoms with Gasteiger partial charge in [-0.2, -0.15) is 0 Å². The molecule has 0 aliphatic rings. The Balaban J connectivity index is 1.98. The predicted octanol–water partition coefficient (Wildman–Crippen LogP) is 4.05. The summed E-state index contributed by atoms with van der Waals surface area (Å²) in [4.78, 5) is 0.414. The highest BCUT2D eigenvalue weighted by Crippen LogP contribution is 2.23. The molecule has 2 nitrogen and oxygen atoms in total. The number of anilines is 1. The van der Waals surface area contributed by atoms with Crippen molar-refractivity contribution in [1.29, 1.82) is 0 Å². The molecule has 0 amide bonds. The minimum Gasteiger partial charge on any atom is -0.389 e. The van der Waals surface area contributed by atoms with Crippen molar-refractivity contribution >= 4 is 38.8 Å². The van der Waals surface area contributed by atoms with Crippen LogP contribution in [0.2, 0.25) is 0 Å². The largest absolute Gasteiger partial charge is 0.389 e. The Bertz CT molecular complexity index is 626. The Morgan fingerprint density at radius 2 is 2.00 bits per heavy atom. The van der Waals surface area contributed by atoms with Gasteiger partial charge in [-0.1, -0.05) is 36.5 Å². The molecule has 2 aromatic rings. The molecule has 0 aromatic heterocycles. The lowest BCUT2D eigenvalue weighted by Gasteiger charge is -2.11. The van der Waals surface area contributed by atoms with Crippen LogP contribution in [0.25, 0.3) is 0 Å². The molecule has 0 saturated heterocycles. The number of aryl methyl sites for hydroxylation is 1. The zero-order valence-electron chi connectivity index (χ0n) is 11.3. The molecule has 0 radical (unpaired) electrons. The van der Waals surface area contributed by atoms with Crippen molar-refractivity contribution in [2.24, 2.45) is 5.73 Å². The number of halogens is 1. The quantitative estimate of drug-likeness (QED) is 0.800. The first-order valence-corrected chi connectivity index (χ1v) is 7.66. The maximum absolute atomic E-state index is 5.62. The predicted molar refractivity (Wildman–Crippen MR) is 93.4 cm³/mol. The van der Waals surface area contributed by atoms with Crippen molar-refractivity contribution in [3.05, 3.63) is 63.6 Å². The minimum absolute atomic E-state index is 0.414. The van der Waals surface area contributed by atoms with Crippen LogP contribution in [-0.2, 0) is 6.42 Å². The molecule has 0 aliphatic heterocycles. The summed E-state index contributed by atoms with van der Waals surface area (Å²) in [6.07, 6.45) is 0.996. The first-order chi connectivity index (χ1) is 9.58. The average molecular weight is 349 g/mol. The summed E-state index contributed by atoms with van der Waals surface area (Å²) >= 11 is 8.51. The molecule has 0 saturated carbocycles. The van der Waals surface area contributed by atoms with Crippen LogP contribution in [0.5, 0.6) is 0 Å². The van der Waals surface area contributed by atoms with Gasteiger partial charge in [0.1, 0.15) is 4.99 Å². The lowest BCUT2D eigenvalue weighted by Crippen LogP contribution is -2.10. The average Bonchev–Trinajstić information content (AvgIpc) is 2.42. The van der Waals surface area contributed by atoms with Gasteiger partial charge in [0.2, 0.25) is 0 Å². The molecule has 0 bridgehead atoms. The fourth-order valence-corrected chi connectivity index (χ4v) is 2.68. The molecule has 0 atom stereocenters. The number of thiocarbonyl (C=S) groups is 1.